The highest BCUT2D eigenvalue weighted by atomic mass is 16.3. The topological polar surface area (TPSA) is 46.2 Å². The summed E-state index contributed by atoms with van der Waals surface area (Å²) in [5.41, 5.74) is 7.28. The van der Waals surface area contributed by atoms with Gasteiger partial charge in [-0.05, 0) is 18.9 Å². The van der Waals surface area contributed by atoms with E-state index in [1.165, 1.54) is 5.56 Å². The molecule has 0 bridgehead atoms. The van der Waals surface area contributed by atoms with Crippen molar-refractivity contribution in [3.8, 4) is 0 Å². The average molecular weight is 207 g/mol. The normalized spacial score (nSPS) is 14.9. The number of rotatable bonds is 5. The van der Waals surface area contributed by atoms with Gasteiger partial charge in [-0.2, -0.15) is 0 Å². The maximum atomic E-state index is 10.2. The third-order valence-electron chi connectivity index (χ3n) is 2.71. The Kier molecular flexibility index (Phi) is 4.30. The molecule has 1 aromatic rings. The first kappa shape index (κ1) is 12.2. The zero-order chi connectivity index (χ0) is 11.3. The molecule has 0 aliphatic heterocycles. The van der Waals surface area contributed by atoms with E-state index in [1.54, 1.807) is 0 Å². The zero-order valence-electron chi connectivity index (χ0n) is 9.66. The molecule has 1 atom stereocenters. The molecule has 0 heterocycles. The van der Waals surface area contributed by atoms with E-state index < -0.39 is 5.60 Å². The van der Waals surface area contributed by atoms with Gasteiger partial charge in [0.05, 0.1) is 5.60 Å². The van der Waals surface area contributed by atoms with Crippen molar-refractivity contribution in [2.75, 3.05) is 6.54 Å². The number of hydrogen-bond donors (Lipinski definition) is 2. The highest BCUT2D eigenvalue weighted by Crippen LogP contribution is 2.18. The predicted octanol–water partition coefficient (Wildman–Crippen LogP) is 2.03. The molecule has 1 rings (SSSR count). The van der Waals surface area contributed by atoms with Crippen LogP contribution in [0.25, 0.3) is 0 Å². The fourth-order valence-electron chi connectivity index (χ4n) is 1.93. The molecule has 3 N–H and O–H groups in total. The summed E-state index contributed by atoms with van der Waals surface area (Å²) in [7, 11) is 0. The molecule has 1 aromatic carbocycles. The molecule has 2 nitrogen and oxygen atoms in total. The highest BCUT2D eigenvalue weighted by molar-refractivity contribution is 5.23. The second kappa shape index (κ2) is 5.29. The van der Waals surface area contributed by atoms with Crippen molar-refractivity contribution in [1.29, 1.82) is 0 Å². The van der Waals surface area contributed by atoms with E-state index in [0.717, 1.165) is 18.4 Å². The molecule has 0 aromatic heterocycles. The first-order valence-electron chi connectivity index (χ1n) is 5.57. The molecule has 0 spiro atoms. The van der Waals surface area contributed by atoms with Crippen molar-refractivity contribution < 1.29 is 5.11 Å². The maximum absolute atomic E-state index is 10.2. The molecular formula is C13H21NO. The minimum Gasteiger partial charge on any atom is -0.388 e. The molecule has 84 valence electrons. The summed E-state index contributed by atoms with van der Waals surface area (Å²) in [5, 5.41) is 10.2. The maximum Gasteiger partial charge on any atom is 0.0809 e. The molecule has 0 saturated carbocycles. The first-order valence-corrected chi connectivity index (χ1v) is 5.57. The Morgan fingerprint density at radius 2 is 2.13 bits per heavy atom. The summed E-state index contributed by atoms with van der Waals surface area (Å²) in [6.45, 7) is 4.45. The lowest BCUT2D eigenvalue weighted by Crippen LogP contribution is -2.39. The molecule has 0 aliphatic rings. The highest BCUT2D eigenvalue weighted by Gasteiger charge is 2.24. The molecule has 0 radical (unpaired) electrons. The molecule has 1 unspecified atom stereocenters. The van der Waals surface area contributed by atoms with Crippen LogP contribution in [0.15, 0.2) is 24.3 Å². The van der Waals surface area contributed by atoms with E-state index >= 15 is 0 Å². The van der Waals surface area contributed by atoms with Gasteiger partial charge in [0, 0.05) is 13.0 Å². The van der Waals surface area contributed by atoms with Crippen LogP contribution in [-0.4, -0.2) is 17.3 Å². The van der Waals surface area contributed by atoms with E-state index in [9.17, 15) is 5.11 Å². The van der Waals surface area contributed by atoms with Crippen LogP contribution in [0, 0.1) is 6.92 Å². The standard InChI is InChI=1S/C13H21NO/c1-3-7-13(15,10-14)9-12-6-4-5-11(2)8-12/h4-6,8,15H,3,7,9-10,14H2,1-2H3. The van der Waals surface area contributed by atoms with Crippen LogP contribution >= 0.6 is 0 Å². The Morgan fingerprint density at radius 1 is 1.40 bits per heavy atom. The minimum absolute atomic E-state index is 0.328. The summed E-state index contributed by atoms with van der Waals surface area (Å²) >= 11 is 0. The van der Waals surface area contributed by atoms with Gasteiger partial charge in [0.25, 0.3) is 0 Å². The van der Waals surface area contributed by atoms with Crippen LogP contribution in [0.5, 0.6) is 0 Å². The van der Waals surface area contributed by atoms with Crippen molar-refractivity contribution in [2.24, 2.45) is 5.73 Å². The van der Waals surface area contributed by atoms with Gasteiger partial charge in [-0.25, -0.2) is 0 Å². The first-order chi connectivity index (χ1) is 7.09. The van der Waals surface area contributed by atoms with Gasteiger partial charge in [-0.1, -0.05) is 43.2 Å². The van der Waals surface area contributed by atoms with Crippen molar-refractivity contribution in [2.45, 2.75) is 38.7 Å². The fraction of sp³-hybridized carbons (Fsp3) is 0.538. The molecule has 0 aliphatic carbocycles. The smallest absolute Gasteiger partial charge is 0.0809 e. The van der Waals surface area contributed by atoms with Crippen LogP contribution in [0.3, 0.4) is 0 Å². The summed E-state index contributed by atoms with van der Waals surface area (Å²) in [6, 6.07) is 8.23. The largest absolute Gasteiger partial charge is 0.388 e. The van der Waals surface area contributed by atoms with Gasteiger partial charge >= 0.3 is 0 Å². The second-order valence-corrected chi connectivity index (χ2v) is 4.34. The number of aryl methyl sites for hydroxylation is 1. The monoisotopic (exact) mass is 207 g/mol. The fourth-order valence-corrected chi connectivity index (χ4v) is 1.93. The molecule has 0 amide bonds. The van der Waals surface area contributed by atoms with Crippen molar-refractivity contribution in [3.05, 3.63) is 35.4 Å². The zero-order valence-corrected chi connectivity index (χ0v) is 9.66. The lowest BCUT2D eigenvalue weighted by Gasteiger charge is -2.26. The Labute approximate surface area is 92.1 Å². The summed E-state index contributed by atoms with van der Waals surface area (Å²) in [6.07, 6.45) is 2.37. The van der Waals surface area contributed by atoms with E-state index in [4.69, 9.17) is 5.73 Å². The van der Waals surface area contributed by atoms with Gasteiger partial charge < -0.3 is 10.8 Å². The Morgan fingerprint density at radius 3 is 2.67 bits per heavy atom. The molecule has 2 heteroatoms. The van der Waals surface area contributed by atoms with Gasteiger partial charge in [-0.15, -0.1) is 0 Å². The number of aliphatic hydroxyl groups is 1. The Balaban J connectivity index is 2.74. The molecule has 0 saturated heterocycles. The van der Waals surface area contributed by atoms with Crippen LogP contribution in [0.4, 0.5) is 0 Å². The van der Waals surface area contributed by atoms with E-state index in [1.807, 2.05) is 12.1 Å². The van der Waals surface area contributed by atoms with Crippen LogP contribution in [-0.2, 0) is 6.42 Å². The number of benzene rings is 1. The summed E-state index contributed by atoms with van der Waals surface area (Å²) in [4.78, 5) is 0. The van der Waals surface area contributed by atoms with Crippen LogP contribution in [0.1, 0.15) is 30.9 Å². The average Bonchev–Trinajstić information content (AvgIpc) is 2.18. The second-order valence-electron chi connectivity index (χ2n) is 4.34. The van der Waals surface area contributed by atoms with Gasteiger partial charge in [-0.3, -0.25) is 0 Å². The predicted molar refractivity (Wildman–Crippen MR) is 63.8 cm³/mol. The quantitative estimate of drug-likeness (QED) is 0.776. The SMILES string of the molecule is CCCC(O)(CN)Cc1cccc(C)c1. The van der Waals surface area contributed by atoms with Gasteiger partial charge in [0.15, 0.2) is 0 Å². The van der Waals surface area contributed by atoms with Crippen LogP contribution < -0.4 is 5.73 Å². The van der Waals surface area contributed by atoms with E-state index in [0.29, 0.717) is 13.0 Å². The van der Waals surface area contributed by atoms with E-state index in [2.05, 4.69) is 26.0 Å². The lowest BCUT2D eigenvalue weighted by atomic mass is 9.90. The molecular weight excluding hydrogens is 186 g/mol. The number of nitrogens with two attached hydrogens (primary N) is 1. The number of hydrogen-bond acceptors (Lipinski definition) is 2. The molecule has 0 fully saturated rings. The minimum atomic E-state index is -0.734. The van der Waals surface area contributed by atoms with E-state index in [-0.39, 0.29) is 0 Å². The van der Waals surface area contributed by atoms with Crippen molar-refractivity contribution in [3.63, 3.8) is 0 Å². The van der Waals surface area contributed by atoms with Crippen molar-refractivity contribution >= 4 is 0 Å². The summed E-state index contributed by atoms with van der Waals surface area (Å²) in [5.74, 6) is 0. The Bertz CT molecular complexity index is 311. The van der Waals surface area contributed by atoms with Crippen LogP contribution in [0.2, 0.25) is 0 Å². The van der Waals surface area contributed by atoms with Gasteiger partial charge in [0.2, 0.25) is 0 Å². The van der Waals surface area contributed by atoms with Crippen molar-refractivity contribution in [1.82, 2.24) is 0 Å². The molecule has 15 heavy (non-hydrogen) atoms. The van der Waals surface area contributed by atoms with Gasteiger partial charge in [0.1, 0.15) is 0 Å². The lowest BCUT2D eigenvalue weighted by molar-refractivity contribution is 0.0399. The summed E-state index contributed by atoms with van der Waals surface area (Å²) < 4.78 is 0. The Hall–Kier alpha value is -0.860. The third kappa shape index (κ3) is 3.65. The third-order valence-corrected chi connectivity index (χ3v) is 2.71.